The molecule has 0 saturated carbocycles. The number of hydrogen-bond donors (Lipinski definition) is 1. The Kier molecular flexibility index (Phi) is 6.37. The first-order valence-electron chi connectivity index (χ1n) is 7.44. The molecule has 1 amide bonds. The average molecular weight is 391 g/mol. The van der Waals surface area contributed by atoms with Crippen molar-refractivity contribution in [3.63, 3.8) is 0 Å². The molecule has 0 saturated heterocycles. The van der Waals surface area contributed by atoms with E-state index in [0.29, 0.717) is 23.5 Å². The van der Waals surface area contributed by atoms with Crippen molar-refractivity contribution in [3.8, 4) is 11.5 Å². The fraction of sp³-hybridized carbons (Fsp3) is 0.222. The van der Waals surface area contributed by atoms with Gasteiger partial charge < -0.3 is 9.47 Å². The second-order valence-electron chi connectivity index (χ2n) is 4.93. The summed E-state index contributed by atoms with van der Waals surface area (Å²) in [7, 11) is 3.08. The monoisotopic (exact) mass is 390 g/mol. The van der Waals surface area contributed by atoms with E-state index in [9.17, 15) is 4.79 Å². The largest absolute Gasteiger partial charge is 0.493 e. The molecule has 0 heterocycles. The normalized spacial score (nSPS) is 11.1. The van der Waals surface area contributed by atoms with E-state index in [1.165, 1.54) is 7.11 Å². The maximum absolute atomic E-state index is 12.3. The molecule has 126 valence electrons. The molecule has 24 heavy (non-hydrogen) atoms. The number of nitrogens with one attached hydrogen (secondary N) is 1. The van der Waals surface area contributed by atoms with Crippen LogP contribution in [0.2, 0.25) is 0 Å². The minimum atomic E-state index is -0.306. The van der Waals surface area contributed by atoms with Crippen molar-refractivity contribution in [2.75, 3.05) is 14.2 Å². The van der Waals surface area contributed by atoms with Gasteiger partial charge in [0.25, 0.3) is 5.91 Å². The Bertz CT molecular complexity index is 742. The minimum Gasteiger partial charge on any atom is -0.493 e. The van der Waals surface area contributed by atoms with E-state index >= 15 is 0 Å². The van der Waals surface area contributed by atoms with Gasteiger partial charge in [0.1, 0.15) is 0 Å². The predicted molar refractivity (Wildman–Crippen MR) is 98.0 cm³/mol. The number of carbonyl (C=O) groups is 1. The standard InChI is InChI=1S/C18H19BrN2O3/c1-4-15(12-5-8-14(19)9-6-12)20-21-18(22)13-7-10-16(23-2)17(11-13)24-3/h5-11H,4H2,1-3H3,(H,21,22)/b20-15-. The number of nitrogens with zero attached hydrogens (tertiary/aromatic N) is 1. The zero-order valence-corrected chi connectivity index (χ0v) is 15.4. The number of ether oxygens (including phenoxy) is 2. The third-order valence-electron chi connectivity index (χ3n) is 3.45. The first-order valence-corrected chi connectivity index (χ1v) is 8.23. The summed E-state index contributed by atoms with van der Waals surface area (Å²) >= 11 is 3.40. The van der Waals surface area contributed by atoms with Crippen molar-refractivity contribution in [2.45, 2.75) is 13.3 Å². The summed E-state index contributed by atoms with van der Waals surface area (Å²) in [5, 5.41) is 4.25. The first kappa shape index (κ1) is 18.0. The molecule has 0 spiro atoms. The highest BCUT2D eigenvalue weighted by Gasteiger charge is 2.11. The number of amides is 1. The van der Waals surface area contributed by atoms with Gasteiger partial charge in [-0.1, -0.05) is 35.0 Å². The fourth-order valence-electron chi connectivity index (χ4n) is 2.15. The van der Waals surface area contributed by atoms with Crippen molar-refractivity contribution in [1.82, 2.24) is 5.43 Å². The van der Waals surface area contributed by atoms with Crippen LogP contribution < -0.4 is 14.9 Å². The summed E-state index contributed by atoms with van der Waals surface area (Å²) < 4.78 is 11.4. The van der Waals surface area contributed by atoms with Crippen LogP contribution in [0.4, 0.5) is 0 Å². The van der Waals surface area contributed by atoms with Gasteiger partial charge in [-0.2, -0.15) is 5.10 Å². The maximum Gasteiger partial charge on any atom is 0.271 e. The van der Waals surface area contributed by atoms with Crippen LogP contribution in [-0.4, -0.2) is 25.8 Å². The number of carbonyl (C=O) groups excluding carboxylic acids is 1. The molecule has 0 unspecified atom stereocenters. The van der Waals surface area contributed by atoms with Gasteiger partial charge in [0.05, 0.1) is 19.9 Å². The molecule has 5 nitrogen and oxygen atoms in total. The van der Waals surface area contributed by atoms with Gasteiger partial charge >= 0.3 is 0 Å². The molecule has 0 bridgehead atoms. The van der Waals surface area contributed by atoms with Crippen LogP contribution in [0, 0.1) is 0 Å². The Hall–Kier alpha value is -2.34. The molecular weight excluding hydrogens is 372 g/mol. The summed E-state index contributed by atoms with van der Waals surface area (Å²) in [6.45, 7) is 1.99. The summed E-state index contributed by atoms with van der Waals surface area (Å²) in [6, 6.07) is 12.8. The maximum atomic E-state index is 12.3. The average Bonchev–Trinajstić information content (AvgIpc) is 2.62. The Labute approximate surface area is 149 Å². The zero-order chi connectivity index (χ0) is 17.5. The molecule has 0 radical (unpaired) electrons. The Morgan fingerprint density at radius 2 is 1.67 bits per heavy atom. The second kappa shape index (κ2) is 8.49. The predicted octanol–water partition coefficient (Wildman–Crippen LogP) is 4.01. The van der Waals surface area contributed by atoms with Crippen LogP contribution in [-0.2, 0) is 0 Å². The van der Waals surface area contributed by atoms with E-state index in [1.54, 1.807) is 25.3 Å². The van der Waals surface area contributed by atoms with Crippen LogP contribution in [0.5, 0.6) is 11.5 Å². The molecule has 0 aliphatic rings. The van der Waals surface area contributed by atoms with E-state index < -0.39 is 0 Å². The SMILES string of the molecule is CC/C(=N/NC(=O)c1ccc(OC)c(OC)c1)c1ccc(Br)cc1. The van der Waals surface area contributed by atoms with Crippen LogP contribution in [0.3, 0.4) is 0 Å². The topological polar surface area (TPSA) is 59.9 Å². The second-order valence-corrected chi connectivity index (χ2v) is 5.85. The smallest absolute Gasteiger partial charge is 0.271 e. The fourth-order valence-corrected chi connectivity index (χ4v) is 2.41. The van der Waals surface area contributed by atoms with Crippen molar-refractivity contribution < 1.29 is 14.3 Å². The molecule has 6 heteroatoms. The molecule has 0 aromatic heterocycles. The molecule has 0 atom stereocenters. The van der Waals surface area contributed by atoms with Gasteiger partial charge in [0.2, 0.25) is 0 Å². The van der Waals surface area contributed by atoms with Crippen molar-refractivity contribution >= 4 is 27.5 Å². The highest BCUT2D eigenvalue weighted by Crippen LogP contribution is 2.27. The van der Waals surface area contributed by atoms with Gasteiger partial charge in [0.15, 0.2) is 11.5 Å². The lowest BCUT2D eigenvalue weighted by molar-refractivity contribution is 0.0954. The van der Waals surface area contributed by atoms with Gasteiger partial charge in [-0.15, -0.1) is 0 Å². The van der Waals surface area contributed by atoms with Crippen LogP contribution in [0.25, 0.3) is 0 Å². The molecule has 2 rings (SSSR count). The van der Waals surface area contributed by atoms with Crippen LogP contribution in [0.1, 0.15) is 29.3 Å². The summed E-state index contributed by atoms with van der Waals surface area (Å²) in [5.41, 5.74) is 4.81. The van der Waals surface area contributed by atoms with E-state index in [0.717, 1.165) is 15.7 Å². The molecular formula is C18H19BrN2O3. The molecule has 2 aromatic rings. The van der Waals surface area contributed by atoms with Crippen molar-refractivity contribution in [1.29, 1.82) is 0 Å². The van der Waals surface area contributed by atoms with Crippen LogP contribution in [0.15, 0.2) is 52.0 Å². The lowest BCUT2D eigenvalue weighted by Gasteiger charge is -2.09. The quantitative estimate of drug-likeness (QED) is 0.598. The summed E-state index contributed by atoms with van der Waals surface area (Å²) in [5.74, 6) is 0.762. The number of benzene rings is 2. The third-order valence-corrected chi connectivity index (χ3v) is 3.98. The van der Waals surface area contributed by atoms with Gasteiger partial charge in [-0.25, -0.2) is 5.43 Å². The minimum absolute atomic E-state index is 0.306. The molecule has 2 aromatic carbocycles. The van der Waals surface area contributed by atoms with E-state index in [-0.39, 0.29) is 5.91 Å². The van der Waals surface area contributed by atoms with Gasteiger partial charge in [-0.3, -0.25) is 4.79 Å². The number of hydrogen-bond acceptors (Lipinski definition) is 4. The van der Waals surface area contributed by atoms with Crippen LogP contribution >= 0.6 is 15.9 Å². The lowest BCUT2D eigenvalue weighted by atomic mass is 10.1. The lowest BCUT2D eigenvalue weighted by Crippen LogP contribution is -2.20. The van der Waals surface area contributed by atoms with E-state index in [4.69, 9.17) is 9.47 Å². The zero-order valence-electron chi connectivity index (χ0n) is 13.8. The van der Waals surface area contributed by atoms with Crippen molar-refractivity contribution in [2.24, 2.45) is 5.10 Å². The Morgan fingerprint density at radius 1 is 1.04 bits per heavy atom. The van der Waals surface area contributed by atoms with E-state index in [2.05, 4.69) is 26.5 Å². The van der Waals surface area contributed by atoms with E-state index in [1.807, 2.05) is 31.2 Å². The van der Waals surface area contributed by atoms with Gasteiger partial charge in [-0.05, 0) is 42.3 Å². The van der Waals surface area contributed by atoms with Gasteiger partial charge in [0, 0.05) is 10.0 Å². The summed E-state index contributed by atoms with van der Waals surface area (Å²) in [6.07, 6.45) is 0.702. The third kappa shape index (κ3) is 4.35. The highest BCUT2D eigenvalue weighted by atomic mass is 79.9. The van der Waals surface area contributed by atoms with Crippen molar-refractivity contribution in [3.05, 3.63) is 58.1 Å². The Morgan fingerprint density at radius 3 is 2.25 bits per heavy atom. The number of hydrazone groups is 1. The number of halogens is 1. The Balaban J connectivity index is 2.17. The number of methoxy groups -OCH3 is 2. The molecule has 0 aliphatic carbocycles. The first-order chi connectivity index (χ1) is 11.6. The highest BCUT2D eigenvalue weighted by molar-refractivity contribution is 9.10. The molecule has 0 aliphatic heterocycles. The number of rotatable bonds is 6. The molecule has 0 fully saturated rings. The summed E-state index contributed by atoms with van der Waals surface area (Å²) in [4.78, 5) is 12.3. The molecule has 1 N–H and O–H groups in total.